The summed E-state index contributed by atoms with van der Waals surface area (Å²) in [6.07, 6.45) is 1.89. The van der Waals surface area contributed by atoms with Gasteiger partial charge in [-0.2, -0.15) is 0 Å². The summed E-state index contributed by atoms with van der Waals surface area (Å²) in [6.45, 7) is 2.77. The molecule has 0 spiro atoms. The zero-order valence-electron chi connectivity index (χ0n) is 8.98. The fraction of sp³-hybridized carbons (Fsp3) is 0.636. The van der Waals surface area contributed by atoms with Gasteiger partial charge < -0.3 is 9.84 Å². The second kappa shape index (κ2) is 4.96. The molecule has 1 unspecified atom stereocenters. The van der Waals surface area contributed by atoms with Crippen LogP contribution in [-0.2, 0) is 6.54 Å². The molecule has 1 N–H and O–H groups in total. The smallest absolute Gasteiger partial charge is 0.134 e. The van der Waals surface area contributed by atoms with E-state index in [1.165, 1.54) is 4.88 Å². The number of methoxy groups -OCH3 is 1. The Bertz CT molecular complexity index is 313. The maximum atomic E-state index is 9.57. The third kappa shape index (κ3) is 2.71. The topological polar surface area (TPSA) is 32.7 Å². The number of nitrogens with zero attached hydrogens (tertiary/aromatic N) is 1. The molecule has 0 amide bonds. The normalized spacial score (nSPS) is 22.9. The Morgan fingerprint density at radius 3 is 3.27 bits per heavy atom. The maximum Gasteiger partial charge on any atom is 0.134 e. The number of piperidine rings is 1. The summed E-state index contributed by atoms with van der Waals surface area (Å²) >= 11 is 1.72. The van der Waals surface area contributed by atoms with E-state index in [9.17, 15) is 5.11 Å². The first-order valence-electron chi connectivity index (χ1n) is 5.30. The van der Waals surface area contributed by atoms with Gasteiger partial charge in [-0.1, -0.05) is 0 Å². The summed E-state index contributed by atoms with van der Waals surface area (Å²) in [7, 11) is 1.70. The van der Waals surface area contributed by atoms with Gasteiger partial charge in [0.25, 0.3) is 0 Å². The average Bonchev–Trinajstić information content (AvgIpc) is 2.65. The molecule has 1 aliphatic rings. The number of rotatable bonds is 3. The van der Waals surface area contributed by atoms with Gasteiger partial charge >= 0.3 is 0 Å². The Morgan fingerprint density at radius 2 is 2.53 bits per heavy atom. The van der Waals surface area contributed by atoms with Crippen LogP contribution in [0.1, 0.15) is 17.7 Å². The molecule has 84 valence electrons. The number of ether oxygens (including phenoxy) is 1. The Morgan fingerprint density at radius 1 is 1.67 bits per heavy atom. The molecule has 0 aromatic carbocycles. The first-order chi connectivity index (χ1) is 7.29. The number of hydrogen-bond acceptors (Lipinski definition) is 4. The number of thiophene rings is 1. The van der Waals surface area contributed by atoms with Gasteiger partial charge in [0.05, 0.1) is 18.1 Å². The highest BCUT2D eigenvalue weighted by Gasteiger charge is 2.19. The second-order valence-corrected chi connectivity index (χ2v) is 4.94. The van der Waals surface area contributed by atoms with Crippen molar-refractivity contribution >= 4 is 11.3 Å². The van der Waals surface area contributed by atoms with Crippen LogP contribution in [0.2, 0.25) is 0 Å². The van der Waals surface area contributed by atoms with Crippen molar-refractivity contribution in [2.45, 2.75) is 25.5 Å². The van der Waals surface area contributed by atoms with Crippen LogP contribution in [-0.4, -0.2) is 36.3 Å². The van der Waals surface area contributed by atoms with Crippen LogP contribution in [0.4, 0.5) is 0 Å². The number of likely N-dealkylation sites (tertiary alicyclic amines) is 1. The molecule has 1 fully saturated rings. The molecule has 0 aliphatic carbocycles. The molecule has 1 aromatic heterocycles. The largest absolute Gasteiger partial charge is 0.496 e. The van der Waals surface area contributed by atoms with Gasteiger partial charge in [0.2, 0.25) is 0 Å². The van der Waals surface area contributed by atoms with E-state index in [1.807, 2.05) is 6.07 Å². The van der Waals surface area contributed by atoms with Crippen LogP contribution < -0.4 is 4.74 Å². The summed E-state index contributed by atoms with van der Waals surface area (Å²) < 4.78 is 5.27. The zero-order valence-corrected chi connectivity index (χ0v) is 9.80. The lowest BCUT2D eigenvalue weighted by Crippen LogP contribution is -2.37. The van der Waals surface area contributed by atoms with E-state index in [0.29, 0.717) is 0 Å². The minimum absolute atomic E-state index is 0.148. The predicted octanol–water partition coefficient (Wildman–Crippen LogP) is 1.71. The van der Waals surface area contributed by atoms with Crippen molar-refractivity contribution < 1.29 is 9.84 Å². The minimum atomic E-state index is -0.148. The molecule has 1 aromatic rings. The van der Waals surface area contributed by atoms with E-state index < -0.39 is 0 Å². The molecule has 2 rings (SSSR count). The number of aliphatic hydroxyl groups excluding tert-OH is 1. The van der Waals surface area contributed by atoms with Crippen LogP contribution in [0.15, 0.2) is 11.4 Å². The van der Waals surface area contributed by atoms with Gasteiger partial charge in [-0.15, -0.1) is 11.3 Å². The average molecular weight is 227 g/mol. The van der Waals surface area contributed by atoms with Gasteiger partial charge in [0, 0.05) is 13.1 Å². The van der Waals surface area contributed by atoms with Gasteiger partial charge in [0.15, 0.2) is 0 Å². The Kier molecular flexibility index (Phi) is 3.61. The van der Waals surface area contributed by atoms with Crippen molar-refractivity contribution in [2.24, 2.45) is 0 Å². The summed E-state index contributed by atoms with van der Waals surface area (Å²) in [4.78, 5) is 3.55. The predicted molar refractivity (Wildman–Crippen MR) is 61.4 cm³/mol. The zero-order chi connectivity index (χ0) is 10.7. The third-order valence-corrected chi connectivity index (χ3v) is 3.66. The molecule has 0 saturated carbocycles. The standard InChI is InChI=1S/C11H17NO2S/c1-14-10-4-6-15-11(10)8-12-5-2-3-9(13)7-12/h4,6,9,13H,2-3,5,7-8H2,1H3. The lowest BCUT2D eigenvalue weighted by molar-refractivity contribution is 0.0670. The fourth-order valence-electron chi connectivity index (χ4n) is 2.00. The van der Waals surface area contributed by atoms with Crippen LogP contribution >= 0.6 is 11.3 Å². The van der Waals surface area contributed by atoms with Crippen LogP contribution in [0.3, 0.4) is 0 Å². The van der Waals surface area contributed by atoms with Gasteiger partial charge in [0.1, 0.15) is 5.75 Å². The van der Waals surface area contributed by atoms with E-state index in [2.05, 4.69) is 10.3 Å². The molecule has 15 heavy (non-hydrogen) atoms. The highest BCUT2D eigenvalue weighted by Crippen LogP contribution is 2.26. The van der Waals surface area contributed by atoms with Crippen molar-refractivity contribution in [1.82, 2.24) is 4.90 Å². The van der Waals surface area contributed by atoms with E-state index in [0.717, 1.165) is 38.2 Å². The molecule has 0 radical (unpaired) electrons. The van der Waals surface area contributed by atoms with Crippen molar-refractivity contribution in [2.75, 3.05) is 20.2 Å². The van der Waals surface area contributed by atoms with Crippen molar-refractivity contribution in [3.63, 3.8) is 0 Å². The van der Waals surface area contributed by atoms with E-state index in [4.69, 9.17) is 4.74 Å². The van der Waals surface area contributed by atoms with Crippen molar-refractivity contribution in [1.29, 1.82) is 0 Å². The number of hydrogen-bond donors (Lipinski definition) is 1. The molecular formula is C11H17NO2S. The first-order valence-corrected chi connectivity index (χ1v) is 6.18. The summed E-state index contributed by atoms with van der Waals surface area (Å²) in [5, 5.41) is 11.6. The van der Waals surface area contributed by atoms with Crippen LogP contribution in [0.5, 0.6) is 5.75 Å². The molecule has 1 atom stereocenters. The van der Waals surface area contributed by atoms with Gasteiger partial charge in [-0.25, -0.2) is 0 Å². The van der Waals surface area contributed by atoms with Gasteiger partial charge in [-0.3, -0.25) is 4.90 Å². The molecular weight excluding hydrogens is 210 g/mol. The number of aliphatic hydroxyl groups is 1. The molecule has 3 nitrogen and oxygen atoms in total. The summed E-state index contributed by atoms with van der Waals surface area (Å²) in [5.41, 5.74) is 0. The van der Waals surface area contributed by atoms with Gasteiger partial charge in [-0.05, 0) is 30.8 Å². The molecule has 2 heterocycles. The van der Waals surface area contributed by atoms with Crippen molar-refractivity contribution in [3.8, 4) is 5.75 Å². The highest BCUT2D eigenvalue weighted by atomic mass is 32.1. The molecule has 1 aliphatic heterocycles. The van der Waals surface area contributed by atoms with E-state index >= 15 is 0 Å². The first kappa shape index (κ1) is 10.9. The summed E-state index contributed by atoms with van der Waals surface area (Å²) in [6, 6.07) is 2.00. The third-order valence-electron chi connectivity index (χ3n) is 2.77. The molecule has 0 bridgehead atoms. The second-order valence-electron chi connectivity index (χ2n) is 3.94. The maximum absolute atomic E-state index is 9.57. The highest BCUT2D eigenvalue weighted by molar-refractivity contribution is 7.10. The number of β-amino-alcohol motifs (C(OH)–C–C–N with tert-alkyl or cyclic N) is 1. The Labute approximate surface area is 94.3 Å². The van der Waals surface area contributed by atoms with Crippen LogP contribution in [0, 0.1) is 0 Å². The Balaban J connectivity index is 1.96. The SMILES string of the molecule is COc1ccsc1CN1CCCC(O)C1. The van der Waals surface area contributed by atoms with E-state index in [1.54, 1.807) is 18.4 Å². The Hall–Kier alpha value is -0.580. The van der Waals surface area contributed by atoms with E-state index in [-0.39, 0.29) is 6.10 Å². The minimum Gasteiger partial charge on any atom is -0.496 e. The quantitative estimate of drug-likeness (QED) is 0.853. The molecule has 1 saturated heterocycles. The van der Waals surface area contributed by atoms with Crippen LogP contribution in [0.25, 0.3) is 0 Å². The monoisotopic (exact) mass is 227 g/mol. The molecule has 4 heteroatoms. The summed E-state index contributed by atoms with van der Waals surface area (Å²) in [5.74, 6) is 0.972. The van der Waals surface area contributed by atoms with Crippen molar-refractivity contribution in [3.05, 3.63) is 16.3 Å². The fourth-order valence-corrected chi connectivity index (χ4v) is 2.88. The lowest BCUT2D eigenvalue weighted by atomic mass is 10.1. The lowest BCUT2D eigenvalue weighted by Gasteiger charge is -2.29.